The van der Waals surface area contributed by atoms with E-state index in [9.17, 15) is 9.59 Å². The molecule has 0 atom stereocenters. The van der Waals surface area contributed by atoms with Crippen molar-refractivity contribution in [1.82, 2.24) is 0 Å². The highest BCUT2D eigenvalue weighted by atomic mass is 16.5. The summed E-state index contributed by atoms with van der Waals surface area (Å²) < 4.78 is 11.8. The van der Waals surface area contributed by atoms with Crippen LogP contribution >= 0.6 is 0 Å². The van der Waals surface area contributed by atoms with Crippen LogP contribution in [0.3, 0.4) is 0 Å². The third-order valence-corrected chi connectivity index (χ3v) is 7.31. The van der Waals surface area contributed by atoms with E-state index in [-0.39, 0.29) is 30.2 Å². The zero-order chi connectivity index (χ0) is 27.2. The molecule has 0 aromatic heterocycles. The topological polar surface area (TPSA) is 52.6 Å². The van der Waals surface area contributed by atoms with Crippen molar-refractivity contribution >= 4 is 11.6 Å². The lowest BCUT2D eigenvalue weighted by atomic mass is 9.70. The summed E-state index contributed by atoms with van der Waals surface area (Å²) in [6.07, 6.45) is 1.86. The Morgan fingerprint density at radius 3 is 1.62 bits per heavy atom. The fraction of sp³-hybridized carbons (Fsp3) is 0.394. The first kappa shape index (κ1) is 28.2. The predicted molar refractivity (Wildman–Crippen MR) is 150 cm³/mol. The molecule has 4 nitrogen and oxygen atoms in total. The second kappa shape index (κ2) is 11.8. The van der Waals surface area contributed by atoms with Crippen LogP contribution in [0.25, 0.3) is 0 Å². The fourth-order valence-corrected chi connectivity index (χ4v) is 4.66. The van der Waals surface area contributed by atoms with E-state index in [4.69, 9.17) is 9.47 Å². The molecule has 0 aliphatic carbocycles. The smallest absolute Gasteiger partial charge is 0.200 e. The first-order valence-corrected chi connectivity index (χ1v) is 13.1. The summed E-state index contributed by atoms with van der Waals surface area (Å²) in [7, 11) is 0. The van der Waals surface area contributed by atoms with Gasteiger partial charge in [-0.3, -0.25) is 9.59 Å². The Labute approximate surface area is 222 Å². The molecule has 0 fully saturated rings. The Hall–Kier alpha value is -3.40. The van der Waals surface area contributed by atoms with E-state index < -0.39 is 5.41 Å². The Balaban J connectivity index is 1.81. The van der Waals surface area contributed by atoms with Crippen LogP contribution in [0, 0.1) is 19.3 Å². The molecule has 37 heavy (non-hydrogen) atoms. The molecule has 4 heteroatoms. The maximum Gasteiger partial charge on any atom is 0.200 e. The molecule has 0 saturated carbocycles. The third-order valence-electron chi connectivity index (χ3n) is 7.31. The molecule has 0 aliphatic rings. The van der Waals surface area contributed by atoms with Crippen LogP contribution in [-0.2, 0) is 10.2 Å². The zero-order valence-electron chi connectivity index (χ0n) is 23.3. The van der Waals surface area contributed by atoms with Crippen molar-refractivity contribution in [3.8, 4) is 11.5 Å². The van der Waals surface area contributed by atoms with Gasteiger partial charge in [0.05, 0.1) is 0 Å². The van der Waals surface area contributed by atoms with Gasteiger partial charge in [0.2, 0.25) is 0 Å². The monoisotopic (exact) mass is 500 g/mol. The number of ketones is 2. The van der Waals surface area contributed by atoms with Gasteiger partial charge in [0, 0.05) is 16.4 Å². The molecule has 0 spiro atoms. The first-order valence-electron chi connectivity index (χ1n) is 13.1. The number of hydrogen-bond donors (Lipinski definition) is 0. The lowest BCUT2D eigenvalue weighted by molar-refractivity contribution is -0.128. The van der Waals surface area contributed by atoms with Crippen molar-refractivity contribution in [2.75, 3.05) is 13.2 Å². The van der Waals surface area contributed by atoms with Gasteiger partial charge in [0.1, 0.15) is 18.1 Å². The first-order chi connectivity index (χ1) is 17.5. The number of benzene rings is 3. The quantitative estimate of drug-likeness (QED) is 0.254. The molecule has 0 N–H and O–H groups in total. The number of rotatable bonds is 11. The summed E-state index contributed by atoms with van der Waals surface area (Å²) in [5.74, 6) is 1.50. The van der Waals surface area contributed by atoms with Gasteiger partial charge in [-0.1, -0.05) is 89.2 Å². The summed E-state index contributed by atoms with van der Waals surface area (Å²) >= 11 is 0. The van der Waals surface area contributed by atoms with Gasteiger partial charge in [-0.2, -0.15) is 0 Å². The summed E-state index contributed by atoms with van der Waals surface area (Å²) in [5.41, 5.74) is 4.51. The number of ether oxygens (including phenoxy) is 2. The molecule has 196 valence electrons. The SMILES string of the molecule is CCC(CC)(c1ccc(OCC(=O)c2ccccc2)c(C)c1)c1ccc(OCC(=O)C(C)(C)C)c(C)c1. The lowest BCUT2D eigenvalue weighted by Crippen LogP contribution is -2.27. The minimum absolute atomic E-state index is 0.00920. The van der Waals surface area contributed by atoms with E-state index in [0.717, 1.165) is 35.5 Å². The average molecular weight is 501 g/mol. The highest BCUT2D eigenvalue weighted by Crippen LogP contribution is 2.41. The van der Waals surface area contributed by atoms with Gasteiger partial charge in [-0.05, 0) is 61.1 Å². The maximum absolute atomic E-state index is 12.5. The van der Waals surface area contributed by atoms with E-state index in [1.54, 1.807) is 12.1 Å². The largest absolute Gasteiger partial charge is 0.486 e. The van der Waals surface area contributed by atoms with Crippen molar-refractivity contribution in [1.29, 1.82) is 0 Å². The van der Waals surface area contributed by atoms with Crippen LogP contribution in [0.5, 0.6) is 11.5 Å². The van der Waals surface area contributed by atoms with Crippen molar-refractivity contribution in [3.63, 3.8) is 0 Å². The number of carbonyl (C=O) groups is 2. The molecule has 0 amide bonds. The van der Waals surface area contributed by atoms with Crippen molar-refractivity contribution in [2.24, 2.45) is 5.41 Å². The maximum atomic E-state index is 12.5. The van der Waals surface area contributed by atoms with Gasteiger partial charge in [0.25, 0.3) is 0 Å². The third kappa shape index (κ3) is 6.49. The molecule has 0 unspecified atom stereocenters. The van der Waals surface area contributed by atoms with E-state index in [2.05, 4.69) is 38.1 Å². The average Bonchev–Trinajstić information content (AvgIpc) is 2.88. The molecule has 0 aliphatic heterocycles. The Bertz CT molecular complexity index is 1230. The van der Waals surface area contributed by atoms with Crippen LogP contribution in [0.1, 0.15) is 80.1 Å². The van der Waals surface area contributed by atoms with Gasteiger partial charge in [-0.25, -0.2) is 0 Å². The van der Waals surface area contributed by atoms with Gasteiger partial charge in [0.15, 0.2) is 18.2 Å². The number of hydrogen-bond acceptors (Lipinski definition) is 4. The molecule has 0 radical (unpaired) electrons. The zero-order valence-corrected chi connectivity index (χ0v) is 23.3. The summed E-state index contributed by atoms with van der Waals surface area (Å²) in [6, 6.07) is 21.8. The highest BCUT2D eigenvalue weighted by molar-refractivity contribution is 5.97. The van der Waals surface area contributed by atoms with Crippen LogP contribution in [0.2, 0.25) is 0 Å². The molecule has 3 aromatic carbocycles. The second-order valence-corrected chi connectivity index (χ2v) is 10.8. The van der Waals surface area contributed by atoms with Crippen LogP contribution in [-0.4, -0.2) is 24.8 Å². The molecular weight excluding hydrogens is 460 g/mol. The summed E-state index contributed by atoms with van der Waals surface area (Å²) in [6.45, 7) is 14.3. The molecule has 0 saturated heterocycles. The molecule has 3 rings (SSSR count). The van der Waals surface area contributed by atoms with Gasteiger partial charge < -0.3 is 9.47 Å². The highest BCUT2D eigenvalue weighted by Gasteiger charge is 2.32. The van der Waals surface area contributed by atoms with E-state index in [1.807, 2.05) is 65.0 Å². The molecule has 3 aromatic rings. The van der Waals surface area contributed by atoms with Gasteiger partial charge in [-0.15, -0.1) is 0 Å². The van der Waals surface area contributed by atoms with Crippen molar-refractivity contribution < 1.29 is 19.1 Å². The van der Waals surface area contributed by atoms with Crippen LogP contribution in [0.4, 0.5) is 0 Å². The molecule has 0 bridgehead atoms. The Kier molecular flexibility index (Phi) is 8.96. The number of Topliss-reactive ketones (excluding diaryl/α,β-unsaturated/α-hetero) is 2. The number of carbonyl (C=O) groups excluding carboxylic acids is 2. The Morgan fingerprint density at radius 1 is 0.703 bits per heavy atom. The lowest BCUT2D eigenvalue weighted by Gasteiger charge is -2.34. The van der Waals surface area contributed by atoms with E-state index >= 15 is 0 Å². The van der Waals surface area contributed by atoms with Gasteiger partial charge >= 0.3 is 0 Å². The van der Waals surface area contributed by atoms with E-state index in [1.165, 1.54) is 11.1 Å². The van der Waals surface area contributed by atoms with Crippen molar-refractivity contribution in [2.45, 2.75) is 66.7 Å². The van der Waals surface area contributed by atoms with Crippen molar-refractivity contribution in [3.05, 3.63) is 94.5 Å². The minimum atomic E-state index is -0.421. The Morgan fingerprint density at radius 2 is 1.19 bits per heavy atom. The minimum Gasteiger partial charge on any atom is -0.486 e. The molecular formula is C33H40O4. The normalized spacial score (nSPS) is 11.8. The van der Waals surface area contributed by atoms with Crippen LogP contribution in [0.15, 0.2) is 66.7 Å². The van der Waals surface area contributed by atoms with Crippen LogP contribution < -0.4 is 9.47 Å². The molecule has 0 heterocycles. The fourth-order valence-electron chi connectivity index (χ4n) is 4.66. The second-order valence-electron chi connectivity index (χ2n) is 10.8. The van der Waals surface area contributed by atoms with E-state index in [0.29, 0.717) is 5.56 Å². The predicted octanol–water partition coefficient (Wildman–Crippen LogP) is 7.67. The number of aryl methyl sites for hydroxylation is 2. The summed E-state index contributed by atoms with van der Waals surface area (Å²) in [5, 5.41) is 0. The standard InChI is InChI=1S/C33H40O4/c1-8-33(9-2,27-16-18-30(24(4)20-27)37-22-31(35)32(5,6)7)26-15-17-29(23(3)19-26)36-21-28(34)25-13-11-10-12-14-25/h10-20H,8-9,21-22H2,1-7H3. The summed E-state index contributed by atoms with van der Waals surface area (Å²) in [4.78, 5) is 24.8.